The first kappa shape index (κ1) is 19.9. The molecule has 2 N–H and O–H groups in total. The van der Waals surface area contributed by atoms with E-state index in [0.29, 0.717) is 19.6 Å². The van der Waals surface area contributed by atoms with Crippen LogP contribution in [0.15, 0.2) is 35.4 Å². The number of hydrazone groups is 1. The zero-order valence-electron chi connectivity index (χ0n) is 14.9. The number of benzene rings is 1. The normalized spacial score (nSPS) is 16.3. The number of nitrogens with zero attached hydrogens (tertiary/aromatic N) is 2. The van der Waals surface area contributed by atoms with Gasteiger partial charge in [0.15, 0.2) is 0 Å². The van der Waals surface area contributed by atoms with E-state index >= 15 is 0 Å². The van der Waals surface area contributed by atoms with Gasteiger partial charge in [-0.25, -0.2) is 4.79 Å². The third-order valence-electron chi connectivity index (χ3n) is 3.75. The van der Waals surface area contributed by atoms with Gasteiger partial charge in [-0.1, -0.05) is 18.2 Å². The monoisotopic (exact) mass is 363 g/mol. The molecule has 0 bridgehead atoms. The number of esters is 1. The summed E-state index contributed by atoms with van der Waals surface area (Å²) in [6, 6.07) is 8.63. The van der Waals surface area contributed by atoms with Gasteiger partial charge in [0.1, 0.15) is 11.8 Å². The lowest BCUT2D eigenvalue weighted by Gasteiger charge is -2.22. The fourth-order valence-electron chi connectivity index (χ4n) is 2.54. The Morgan fingerprint density at radius 2 is 2.08 bits per heavy atom. The summed E-state index contributed by atoms with van der Waals surface area (Å²) < 4.78 is 10.2. The average molecular weight is 363 g/mol. The molecule has 142 valence electrons. The van der Waals surface area contributed by atoms with Crippen LogP contribution in [-0.4, -0.2) is 61.7 Å². The van der Waals surface area contributed by atoms with Crippen LogP contribution in [0.2, 0.25) is 0 Å². The Kier molecular flexibility index (Phi) is 8.04. The number of rotatable bonds is 10. The molecule has 1 aromatic carbocycles. The number of ether oxygens (including phenoxy) is 2. The van der Waals surface area contributed by atoms with Gasteiger partial charge in [-0.15, -0.1) is 0 Å². The zero-order valence-corrected chi connectivity index (χ0v) is 14.9. The molecule has 8 heteroatoms. The quantitative estimate of drug-likeness (QED) is 0.469. The van der Waals surface area contributed by atoms with E-state index in [0.717, 1.165) is 5.69 Å². The SMILES string of the molecule is CCOC(=O)C1=NN(c2ccccc2)[C@H](C(=O)NCCCOCCO)C1. The van der Waals surface area contributed by atoms with Crippen LogP contribution < -0.4 is 10.3 Å². The molecular weight excluding hydrogens is 338 g/mol. The molecule has 0 unspecified atom stereocenters. The van der Waals surface area contributed by atoms with Crippen molar-refractivity contribution in [3.63, 3.8) is 0 Å². The molecule has 1 atom stereocenters. The molecule has 0 saturated carbocycles. The first-order valence-electron chi connectivity index (χ1n) is 8.72. The van der Waals surface area contributed by atoms with Gasteiger partial charge in [0.05, 0.1) is 25.5 Å². The molecule has 8 nitrogen and oxygen atoms in total. The minimum Gasteiger partial charge on any atom is -0.461 e. The Morgan fingerprint density at radius 1 is 1.31 bits per heavy atom. The van der Waals surface area contributed by atoms with Gasteiger partial charge in [0.25, 0.3) is 0 Å². The standard InChI is InChI=1S/C18H25N3O5/c1-2-26-18(24)15-13-16(17(23)19-9-6-11-25-12-10-22)21(20-15)14-7-4-3-5-8-14/h3-5,7-8,16,22H,2,6,9-13H2,1H3,(H,19,23)/t16-/m0/s1. The van der Waals surface area contributed by atoms with Crippen molar-refractivity contribution in [1.29, 1.82) is 0 Å². The minimum absolute atomic E-state index is 0.0194. The predicted molar refractivity (Wildman–Crippen MR) is 96.9 cm³/mol. The summed E-state index contributed by atoms with van der Waals surface area (Å²) in [6.07, 6.45) is 0.829. The van der Waals surface area contributed by atoms with E-state index in [1.54, 1.807) is 11.9 Å². The lowest BCUT2D eigenvalue weighted by atomic mass is 10.1. The van der Waals surface area contributed by atoms with E-state index in [1.165, 1.54) is 0 Å². The number of carbonyl (C=O) groups excluding carboxylic acids is 2. The van der Waals surface area contributed by atoms with Crippen molar-refractivity contribution < 1.29 is 24.2 Å². The summed E-state index contributed by atoms with van der Waals surface area (Å²) in [4.78, 5) is 24.6. The smallest absolute Gasteiger partial charge is 0.354 e. The van der Waals surface area contributed by atoms with Gasteiger partial charge >= 0.3 is 5.97 Å². The number of hydrogen-bond donors (Lipinski definition) is 2. The molecule has 1 heterocycles. The molecule has 1 amide bonds. The van der Waals surface area contributed by atoms with Crippen molar-refractivity contribution in [2.45, 2.75) is 25.8 Å². The zero-order chi connectivity index (χ0) is 18.8. The van der Waals surface area contributed by atoms with E-state index in [2.05, 4.69) is 10.4 Å². The topological polar surface area (TPSA) is 100 Å². The first-order valence-corrected chi connectivity index (χ1v) is 8.72. The molecule has 0 saturated heterocycles. The van der Waals surface area contributed by atoms with Crippen molar-refractivity contribution in [2.24, 2.45) is 5.10 Å². The van der Waals surface area contributed by atoms with Crippen LogP contribution >= 0.6 is 0 Å². The van der Waals surface area contributed by atoms with E-state index in [9.17, 15) is 9.59 Å². The van der Waals surface area contributed by atoms with Crippen molar-refractivity contribution in [2.75, 3.05) is 38.0 Å². The summed E-state index contributed by atoms with van der Waals surface area (Å²) in [5.41, 5.74) is 0.973. The van der Waals surface area contributed by atoms with Crippen LogP contribution in [0.3, 0.4) is 0 Å². The third-order valence-corrected chi connectivity index (χ3v) is 3.75. The molecular formula is C18H25N3O5. The fraction of sp³-hybridized carbons (Fsp3) is 0.500. The maximum Gasteiger partial charge on any atom is 0.354 e. The minimum atomic E-state index is -0.602. The number of nitrogens with one attached hydrogen (secondary N) is 1. The molecule has 1 aliphatic rings. The maximum atomic E-state index is 12.6. The number of hydrogen-bond acceptors (Lipinski definition) is 7. The number of aliphatic hydroxyl groups excluding tert-OH is 1. The Balaban J connectivity index is 1.98. The van der Waals surface area contributed by atoms with Crippen LogP contribution in [0.5, 0.6) is 0 Å². The van der Waals surface area contributed by atoms with Crippen molar-refractivity contribution in [3.05, 3.63) is 30.3 Å². The molecule has 2 rings (SSSR count). The summed E-state index contributed by atoms with van der Waals surface area (Å²) in [5, 5.41) is 17.4. The van der Waals surface area contributed by atoms with Gasteiger partial charge < -0.3 is 19.9 Å². The van der Waals surface area contributed by atoms with E-state index in [-0.39, 0.29) is 37.9 Å². The lowest BCUT2D eigenvalue weighted by molar-refractivity contribution is -0.135. The largest absolute Gasteiger partial charge is 0.461 e. The maximum absolute atomic E-state index is 12.6. The highest BCUT2D eigenvalue weighted by molar-refractivity contribution is 6.38. The average Bonchev–Trinajstić information content (AvgIpc) is 3.11. The summed E-state index contributed by atoms with van der Waals surface area (Å²) >= 11 is 0. The molecule has 1 aliphatic heterocycles. The van der Waals surface area contributed by atoms with Gasteiger partial charge in [-0.2, -0.15) is 5.10 Å². The van der Waals surface area contributed by atoms with Gasteiger partial charge in [-0.05, 0) is 25.5 Å². The van der Waals surface area contributed by atoms with E-state index in [1.807, 2.05) is 30.3 Å². The second-order valence-electron chi connectivity index (χ2n) is 5.65. The fourth-order valence-corrected chi connectivity index (χ4v) is 2.54. The Hall–Kier alpha value is -2.45. The second-order valence-corrected chi connectivity index (χ2v) is 5.65. The van der Waals surface area contributed by atoms with Crippen LogP contribution in [0.1, 0.15) is 19.8 Å². The summed E-state index contributed by atoms with van der Waals surface area (Å²) in [5.74, 6) is -0.708. The number of anilines is 1. The van der Waals surface area contributed by atoms with Crippen molar-refractivity contribution in [1.82, 2.24) is 5.32 Å². The lowest BCUT2D eigenvalue weighted by Crippen LogP contribution is -2.43. The Bertz CT molecular complexity index is 621. The molecule has 26 heavy (non-hydrogen) atoms. The predicted octanol–water partition coefficient (Wildman–Crippen LogP) is 0.700. The second kappa shape index (κ2) is 10.5. The van der Waals surface area contributed by atoms with Crippen LogP contribution in [0, 0.1) is 0 Å². The summed E-state index contributed by atoms with van der Waals surface area (Å²) in [6.45, 7) is 3.15. The number of para-hydroxylation sites is 1. The van der Waals surface area contributed by atoms with Gasteiger partial charge in [-0.3, -0.25) is 9.80 Å². The van der Waals surface area contributed by atoms with E-state index < -0.39 is 12.0 Å². The van der Waals surface area contributed by atoms with Crippen molar-refractivity contribution >= 4 is 23.3 Å². The Morgan fingerprint density at radius 3 is 2.77 bits per heavy atom. The van der Waals surface area contributed by atoms with Crippen LogP contribution in [-0.2, 0) is 19.1 Å². The molecule has 1 aromatic rings. The molecule has 0 spiro atoms. The van der Waals surface area contributed by atoms with Gasteiger partial charge in [0.2, 0.25) is 5.91 Å². The summed E-state index contributed by atoms with van der Waals surface area (Å²) in [7, 11) is 0. The third kappa shape index (κ3) is 5.53. The van der Waals surface area contributed by atoms with E-state index in [4.69, 9.17) is 14.6 Å². The number of carbonyl (C=O) groups is 2. The van der Waals surface area contributed by atoms with Gasteiger partial charge in [0, 0.05) is 19.6 Å². The van der Waals surface area contributed by atoms with Crippen molar-refractivity contribution in [3.8, 4) is 0 Å². The number of amides is 1. The highest BCUT2D eigenvalue weighted by Crippen LogP contribution is 2.25. The molecule has 0 radical (unpaired) electrons. The highest BCUT2D eigenvalue weighted by Gasteiger charge is 2.36. The molecule has 0 aliphatic carbocycles. The molecule has 0 aromatic heterocycles. The Labute approximate surface area is 152 Å². The van der Waals surface area contributed by atoms with Crippen LogP contribution in [0.25, 0.3) is 0 Å². The first-order chi connectivity index (χ1) is 12.7. The number of aliphatic hydroxyl groups is 1. The highest BCUT2D eigenvalue weighted by atomic mass is 16.5. The van der Waals surface area contributed by atoms with Crippen LogP contribution in [0.4, 0.5) is 5.69 Å². The molecule has 0 fully saturated rings.